The van der Waals surface area contributed by atoms with Gasteiger partial charge in [0.25, 0.3) is 11.8 Å². The summed E-state index contributed by atoms with van der Waals surface area (Å²) in [6.07, 6.45) is 1.40. The molecule has 2 aromatic carbocycles. The van der Waals surface area contributed by atoms with Gasteiger partial charge in [-0.15, -0.1) is 0 Å². The quantitative estimate of drug-likeness (QED) is 0.325. The monoisotopic (exact) mass is 534 g/mol. The van der Waals surface area contributed by atoms with Crippen LogP contribution in [0.25, 0.3) is 6.08 Å². The van der Waals surface area contributed by atoms with Crippen molar-refractivity contribution >= 4 is 56.8 Å². The Hall–Kier alpha value is -3.11. The first-order valence-corrected chi connectivity index (χ1v) is 11.1. The lowest BCUT2D eigenvalue weighted by molar-refractivity contribution is -0.122. The van der Waals surface area contributed by atoms with Crippen LogP contribution in [0.2, 0.25) is 0 Å². The number of methoxy groups -OCH3 is 3. The summed E-state index contributed by atoms with van der Waals surface area (Å²) < 4.78 is 22.5. The number of anilines is 1. The van der Waals surface area contributed by atoms with E-state index in [1.54, 1.807) is 30.3 Å². The number of carbonyl (C=O) groups is 2. The Morgan fingerprint density at radius 3 is 2.33 bits per heavy atom. The molecule has 1 aliphatic rings. The van der Waals surface area contributed by atoms with Crippen LogP contribution in [0, 0.1) is 0 Å². The zero-order valence-corrected chi connectivity index (χ0v) is 21.1. The Morgan fingerprint density at radius 1 is 1.03 bits per heavy atom. The van der Waals surface area contributed by atoms with Gasteiger partial charge in [0.15, 0.2) is 16.6 Å². The molecule has 1 N–H and O–H groups in total. The van der Waals surface area contributed by atoms with Gasteiger partial charge in [0.05, 0.1) is 37.6 Å². The second kappa shape index (κ2) is 10.2. The Bertz CT molecular complexity index is 1150. The molecule has 8 nitrogen and oxygen atoms in total. The van der Waals surface area contributed by atoms with Gasteiger partial charge in [-0.2, -0.15) is 0 Å². The molecular formula is C23H23BrN2O6S. The fourth-order valence-electron chi connectivity index (χ4n) is 3.19. The van der Waals surface area contributed by atoms with Crippen LogP contribution in [0.5, 0.6) is 23.0 Å². The molecule has 0 saturated carbocycles. The molecule has 1 heterocycles. The second-order valence-electron chi connectivity index (χ2n) is 7.20. The highest BCUT2D eigenvalue weighted by molar-refractivity contribution is 9.10. The van der Waals surface area contributed by atoms with Gasteiger partial charge in [-0.05, 0) is 77.9 Å². The molecule has 33 heavy (non-hydrogen) atoms. The van der Waals surface area contributed by atoms with E-state index in [-0.39, 0.29) is 16.8 Å². The predicted octanol–water partition coefficient (Wildman–Crippen LogP) is 4.09. The number of hydrogen-bond donors (Lipinski definition) is 1. The smallest absolute Gasteiger partial charge is 0.270 e. The van der Waals surface area contributed by atoms with Crippen LogP contribution in [0.4, 0.5) is 5.69 Å². The standard InChI is InChI=1S/C23H23BrN2O6S/c1-12(2)32-20-16(24)9-13(10-19(20)31-5)8-15-21(27)25-23(33)26(22(15)28)17-7-6-14(29-3)11-18(17)30-4/h6-12H,1-5H3,(H,25,27,33)/b15-8+. The molecule has 1 saturated heterocycles. The molecule has 174 valence electrons. The molecule has 0 atom stereocenters. The van der Waals surface area contributed by atoms with Gasteiger partial charge >= 0.3 is 0 Å². The third kappa shape index (κ3) is 5.12. The van der Waals surface area contributed by atoms with Crippen molar-refractivity contribution in [3.05, 3.63) is 45.9 Å². The minimum atomic E-state index is -0.605. The van der Waals surface area contributed by atoms with Crippen LogP contribution >= 0.6 is 28.1 Å². The maximum atomic E-state index is 13.4. The number of rotatable bonds is 7. The first kappa shape index (κ1) is 24.5. The molecule has 0 bridgehead atoms. The third-order valence-corrected chi connectivity index (χ3v) is 5.52. The predicted molar refractivity (Wildman–Crippen MR) is 132 cm³/mol. The normalized spacial score (nSPS) is 15.1. The minimum absolute atomic E-state index is 0.0509. The lowest BCUT2D eigenvalue weighted by Crippen LogP contribution is -2.54. The van der Waals surface area contributed by atoms with Gasteiger partial charge in [-0.1, -0.05) is 0 Å². The van der Waals surface area contributed by atoms with Crippen LogP contribution in [-0.2, 0) is 9.59 Å². The topological polar surface area (TPSA) is 86.3 Å². The molecule has 10 heteroatoms. The summed E-state index contributed by atoms with van der Waals surface area (Å²) in [5, 5.41) is 2.51. The highest BCUT2D eigenvalue weighted by Gasteiger charge is 2.36. The average Bonchev–Trinajstić information content (AvgIpc) is 2.77. The van der Waals surface area contributed by atoms with Crippen LogP contribution in [0.1, 0.15) is 19.4 Å². The Kier molecular flexibility index (Phi) is 7.60. The van der Waals surface area contributed by atoms with E-state index >= 15 is 0 Å². The van der Waals surface area contributed by atoms with Crippen LogP contribution in [0.3, 0.4) is 0 Å². The Balaban J connectivity index is 2.06. The van der Waals surface area contributed by atoms with Crippen molar-refractivity contribution in [2.75, 3.05) is 26.2 Å². The van der Waals surface area contributed by atoms with E-state index in [2.05, 4.69) is 21.2 Å². The van der Waals surface area contributed by atoms with Crippen molar-refractivity contribution in [1.29, 1.82) is 0 Å². The molecule has 0 aliphatic carbocycles. The average molecular weight is 535 g/mol. The number of ether oxygens (including phenoxy) is 4. The number of thiocarbonyl (C=S) groups is 1. The van der Waals surface area contributed by atoms with Crippen molar-refractivity contribution in [3.63, 3.8) is 0 Å². The molecule has 0 unspecified atom stereocenters. The Morgan fingerprint density at radius 2 is 1.73 bits per heavy atom. The first-order chi connectivity index (χ1) is 15.7. The van der Waals surface area contributed by atoms with Gasteiger partial charge in [0.1, 0.15) is 17.1 Å². The molecular weight excluding hydrogens is 512 g/mol. The molecule has 3 rings (SSSR count). The number of nitrogens with zero attached hydrogens (tertiary/aromatic N) is 1. The zero-order chi connectivity index (χ0) is 24.3. The van der Waals surface area contributed by atoms with Crippen molar-refractivity contribution in [1.82, 2.24) is 5.32 Å². The SMILES string of the molecule is COc1ccc(N2C(=O)/C(=C/c3cc(Br)c(OC(C)C)c(OC)c3)C(=O)NC2=S)c(OC)c1. The lowest BCUT2D eigenvalue weighted by Gasteiger charge is -2.30. The summed E-state index contributed by atoms with van der Waals surface area (Å²) in [6, 6.07) is 8.35. The molecule has 1 fully saturated rings. The summed E-state index contributed by atoms with van der Waals surface area (Å²) >= 11 is 8.76. The maximum absolute atomic E-state index is 13.4. The maximum Gasteiger partial charge on any atom is 0.270 e. The number of benzene rings is 2. The van der Waals surface area contributed by atoms with E-state index in [9.17, 15) is 9.59 Å². The van der Waals surface area contributed by atoms with Crippen molar-refractivity contribution in [2.45, 2.75) is 20.0 Å². The van der Waals surface area contributed by atoms with Crippen LogP contribution < -0.4 is 29.2 Å². The van der Waals surface area contributed by atoms with E-state index in [1.165, 1.54) is 32.3 Å². The van der Waals surface area contributed by atoms with Gasteiger partial charge in [0.2, 0.25) is 0 Å². The summed E-state index contributed by atoms with van der Waals surface area (Å²) in [4.78, 5) is 27.3. The fraction of sp³-hybridized carbons (Fsp3) is 0.261. The van der Waals surface area contributed by atoms with E-state index < -0.39 is 11.8 Å². The largest absolute Gasteiger partial charge is 0.497 e. The number of nitrogens with one attached hydrogen (secondary N) is 1. The lowest BCUT2D eigenvalue weighted by atomic mass is 10.1. The molecule has 2 amide bonds. The molecule has 0 spiro atoms. The van der Waals surface area contributed by atoms with Gasteiger partial charge in [0, 0.05) is 6.07 Å². The van der Waals surface area contributed by atoms with Crippen LogP contribution in [0.15, 0.2) is 40.4 Å². The first-order valence-electron chi connectivity index (χ1n) is 9.87. The number of amides is 2. The number of carbonyl (C=O) groups excluding carboxylic acids is 2. The van der Waals surface area contributed by atoms with Crippen molar-refractivity contribution in [2.24, 2.45) is 0 Å². The van der Waals surface area contributed by atoms with Crippen LogP contribution in [-0.4, -0.2) is 44.4 Å². The summed E-state index contributed by atoms with van der Waals surface area (Å²) in [5.41, 5.74) is 0.828. The van der Waals surface area contributed by atoms with E-state index in [0.717, 1.165) is 0 Å². The van der Waals surface area contributed by atoms with E-state index in [4.69, 9.17) is 31.2 Å². The highest BCUT2D eigenvalue weighted by Crippen LogP contribution is 2.39. The fourth-order valence-corrected chi connectivity index (χ4v) is 4.01. The molecule has 1 aliphatic heterocycles. The number of hydrogen-bond acceptors (Lipinski definition) is 7. The Labute approximate surface area is 205 Å². The molecule has 2 aromatic rings. The van der Waals surface area contributed by atoms with E-state index in [0.29, 0.717) is 38.7 Å². The van der Waals surface area contributed by atoms with Crippen molar-refractivity contribution < 1.29 is 28.5 Å². The zero-order valence-electron chi connectivity index (χ0n) is 18.7. The van der Waals surface area contributed by atoms with Gasteiger partial charge in [-0.3, -0.25) is 14.9 Å². The van der Waals surface area contributed by atoms with Gasteiger partial charge < -0.3 is 18.9 Å². The van der Waals surface area contributed by atoms with Gasteiger partial charge in [-0.25, -0.2) is 4.90 Å². The molecule has 0 aromatic heterocycles. The van der Waals surface area contributed by atoms with E-state index in [1.807, 2.05) is 13.8 Å². The minimum Gasteiger partial charge on any atom is -0.497 e. The number of halogens is 1. The second-order valence-corrected chi connectivity index (χ2v) is 8.44. The summed E-state index contributed by atoms with van der Waals surface area (Å²) in [7, 11) is 4.51. The molecule has 0 radical (unpaired) electrons. The van der Waals surface area contributed by atoms with Crippen molar-refractivity contribution in [3.8, 4) is 23.0 Å². The highest BCUT2D eigenvalue weighted by atomic mass is 79.9. The summed E-state index contributed by atoms with van der Waals surface area (Å²) in [6.45, 7) is 3.80. The third-order valence-electron chi connectivity index (χ3n) is 4.65. The summed E-state index contributed by atoms with van der Waals surface area (Å²) in [5.74, 6) is 0.695.